The fourth-order valence-electron chi connectivity index (χ4n) is 3.51. The molecule has 5 rings (SSSR count). The first kappa shape index (κ1) is 17.3. The van der Waals surface area contributed by atoms with Gasteiger partial charge in [0.2, 0.25) is 0 Å². The van der Waals surface area contributed by atoms with E-state index in [0.29, 0.717) is 40.0 Å². The zero-order valence-electron chi connectivity index (χ0n) is 15.5. The van der Waals surface area contributed by atoms with Gasteiger partial charge in [-0.05, 0) is 43.3 Å². The summed E-state index contributed by atoms with van der Waals surface area (Å²) in [6, 6.07) is 16.8. The SMILES string of the molecule is C[C@@H]1COc2cccc3oc(=O)c4ccccc4c(=O)oc4cccc(c4c23)O1. The Bertz CT molecular complexity index is 1450. The van der Waals surface area contributed by atoms with Crippen molar-refractivity contribution in [1.29, 1.82) is 0 Å². The summed E-state index contributed by atoms with van der Waals surface area (Å²) < 4.78 is 23.4. The minimum atomic E-state index is -0.650. The molecule has 0 N–H and O–H groups in total. The molecule has 0 bridgehead atoms. The summed E-state index contributed by atoms with van der Waals surface area (Å²) in [7, 11) is 0. The first-order valence-electron chi connectivity index (χ1n) is 9.21. The van der Waals surface area contributed by atoms with Crippen LogP contribution in [0.15, 0.2) is 79.1 Å². The number of ether oxygens (including phenoxy) is 2. The maximum atomic E-state index is 12.9. The van der Waals surface area contributed by atoms with E-state index in [9.17, 15) is 9.59 Å². The highest BCUT2D eigenvalue weighted by atomic mass is 16.5. The zero-order valence-corrected chi connectivity index (χ0v) is 15.5. The number of fused-ring (bicyclic) bond motifs is 1. The Morgan fingerprint density at radius 3 is 1.90 bits per heavy atom. The molecule has 0 spiro atoms. The molecule has 1 aromatic heterocycles. The molecule has 0 fully saturated rings. The number of hydrogen-bond donors (Lipinski definition) is 0. The maximum absolute atomic E-state index is 12.9. The van der Waals surface area contributed by atoms with Crippen molar-refractivity contribution in [2.45, 2.75) is 13.0 Å². The molecular weight excluding hydrogens is 372 g/mol. The Morgan fingerprint density at radius 2 is 1.28 bits per heavy atom. The molecule has 6 nitrogen and oxygen atoms in total. The molecule has 0 radical (unpaired) electrons. The summed E-state index contributed by atoms with van der Waals surface area (Å²) in [4.78, 5) is 25.7. The van der Waals surface area contributed by atoms with Crippen molar-refractivity contribution in [1.82, 2.24) is 0 Å². The highest BCUT2D eigenvalue weighted by Crippen LogP contribution is 2.37. The Labute approximate surface area is 164 Å². The third-order valence-electron chi connectivity index (χ3n) is 4.80. The van der Waals surface area contributed by atoms with Gasteiger partial charge in [0.05, 0.1) is 21.5 Å². The molecule has 6 heteroatoms. The molecule has 1 atom stereocenters. The van der Waals surface area contributed by atoms with Gasteiger partial charge in [0.25, 0.3) is 0 Å². The quantitative estimate of drug-likeness (QED) is 0.446. The van der Waals surface area contributed by atoms with Gasteiger partial charge in [-0.15, -0.1) is 0 Å². The lowest BCUT2D eigenvalue weighted by atomic mass is 10.1. The van der Waals surface area contributed by atoms with E-state index in [1.54, 1.807) is 48.5 Å². The first-order chi connectivity index (χ1) is 14.1. The van der Waals surface area contributed by atoms with Crippen LogP contribution < -0.4 is 20.7 Å². The summed E-state index contributed by atoms with van der Waals surface area (Å²) in [5, 5.41) is 1.27. The Hall–Kier alpha value is -3.80. The van der Waals surface area contributed by atoms with Crippen LogP contribution in [0.3, 0.4) is 0 Å². The molecule has 4 aromatic rings. The van der Waals surface area contributed by atoms with Crippen LogP contribution in [0.5, 0.6) is 11.5 Å². The molecule has 29 heavy (non-hydrogen) atoms. The van der Waals surface area contributed by atoms with Gasteiger partial charge >= 0.3 is 11.3 Å². The molecule has 1 aliphatic heterocycles. The van der Waals surface area contributed by atoms with E-state index in [1.807, 2.05) is 6.92 Å². The van der Waals surface area contributed by atoms with E-state index in [-0.39, 0.29) is 16.9 Å². The number of rotatable bonds is 0. The molecule has 2 heterocycles. The predicted octanol–water partition coefficient (Wildman–Crippen LogP) is 4.34. The fraction of sp³-hybridized carbons (Fsp3) is 0.130. The van der Waals surface area contributed by atoms with E-state index >= 15 is 0 Å². The van der Waals surface area contributed by atoms with Crippen molar-refractivity contribution in [2.75, 3.05) is 6.61 Å². The van der Waals surface area contributed by atoms with Crippen LogP contribution in [0.1, 0.15) is 6.92 Å². The minimum Gasteiger partial charge on any atom is -0.489 e. The fourth-order valence-corrected chi connectivity index (χ4v) is 3.51. The van der Waals surface area contributed by atoms with Gasteiger partial charge in [-0.2, -0.15) is 0 Å². The van der Waals surface area contributed by atoms with Gasteiger partial charge < -0.3 is 18.3 Å². The van der Waals surface area contributed by atoms with E-state index in [1.165, 1.54) is 12.1 Å². The van der Waals surface area contributed by atoms with Gasteiger partial charge in [-0.3, -0.25) is 0 Å². The molecular formula is C23H16O6. The van der Waals surface area contributed by atoms with Crippen LogP contribution in [0, 0.1) is 0 Å². The van der Waals surface area contributed by atoms with E-state index in [4.69, 9.17) is 18.3 Å². The van der Waals surface area contributed by atoms with Crippen molar-refractivity contribution in [2.24, 2.45) is 0 Å². The molecule has 0 amide bonds. The molecule has 144 valence electrons. The van der Waals surface area contributed by atoms with E-state index in [2.05, 4.69) is 0 Å². The van der Waals surface area contributed by atoms with Gasteiger partial charge in [0, 0.05) is 0 Å². The van der Waals surface area contributed by atoms with Crippen LogP contribution in [0.25, 0.3) is 32.7 Å². The summed E-state index contributed by atoms with van der Waals surface area (Å²) in [6.45, 7) is 2.20. The normalized spacial score (nSPS) is 15.4. The minimum absolute atomic E-state index is 0.131. The smallest absolute Gasteiger partial charge is 0.344 e. The second-order valence-corrected chi connectivity index (χ2v) is 6.82. The van der Waals surface area contributed by atoms with Gasteiger partial charge in [-0.1, -0.05) is 24.3 Å². The average Bonchev–Trinajstić information content (AvgIpc) is 2.71. The molecule has 0 saturated carbocycles. The lowest BCUT2D eigenvalue weighted by Crippen LogP contribution is -2.22. The summed E-state index contributed by atoms with van der Waals surface area (Å²) in [5.41, 5.74) is -0.704. The molecule has 0 unspecified atom stereocenters. The number of hydrogen-bond acceptors (Lipinski definition) is 6. The highest BCUT2D eigenvalue weighted by molar-refractivity contribution is 6.08. The lowest BCUT2D eigenvalue weighted by molar-refractivity contribution is 0.144. The summed E-state index contributed by atoms with van der Waals surface area (Å²) in [6.07, 6.45) is -0.229. The summed E-state index contributed by atoms with van der Waals surface area (Å²) in [5.74, 6) is 1.04. The Morgan fingerprint density at radius 1 is 0.724 bits per heavy atom. The van der Waals surface area contributed by atoms with Crippen LogP contribution in [0.2, 0.25) is 0 Å². The van der Waals surface area contributed by atoms with Crippen molar-refractivity contribution in [3.63, 3.8) is 0 Å². The van der Waals surface area contributed by atoms with Crippen molar-refractivity contribution < 1.29 is 18.3 Å². The van der Waals surface area contributed by atoms with Crippen LogP contribution >= 0.6 is 0 Å². The second-order valence-electron chi connectivity index (χ2n) is 6.82. The molecule has 0 aliphatic carbocycles. The largest absolute Gasteiger partial charge is 0.489 e. The van der Waals surface area contributed by atoms with Crippen LogP contribution in [0.4, 0.5) is 0 Å². The summed E-state index contributed by atoms with van der Waals surface area (Å²) >= 11 is 0. The van der Waals surface area contributed by atoms with Crippen LogP contribution in [-0.4, -0.2) is 12.7 Å². The van der Waals surface area contributed by atoms with Crippen molar-refractivity contribution in [3.05, 3.63) is 81.5 Å². The number of benzene rings is 3. The van der Waals surface area contributed by atoms with Crippen molar-refractivity contribution in [3.8, 4) is 11.5 Å². The zero-order chi connectivity index (χ0) is 20.0. The topological polar surface area (TPSA) is 78.9 Å². The molecule has 1 aliphatic rings. The van der Waals surface area contributed by atoms with E-state index < -0.39 is 11.3 Å². The maximum Gasteiger partial charge on any atom is 0.344 e. The third kappa shape index (κ3) is 2.89. The third-order valence-corrected chi connectivity index (χ3v) is 4.80. The average molecular weight is 388 g/mol. The highest BCUT2D eigenvalue weighted by Gasteiger charge is 2.19. The standard InChI is InChI=1S/C23H16O6/c1-13-12-26-16-8-4-10-18-20(16)21-17(27-13)9-5-11-19(21)29-23(25)15-7-3-2-6-14(15)22(24)28-18/h2-11,13H,12H2,1H3/t13-/m1/s1. The monoisotopic (exact) mass is 388 g/mol. The second kappa shape index (κ2) is 6.67. The van der Waals surface area contributed by atoms with Crippen molar-refractivity contribution >= 4 is 32.7 Å². The Kier molecular flexibility index (Phi) is 3.98. The van der Waals surface area contributed by atoms with Crippen LogP contribution in [-0.2, 0) is 0 Å². The van der Waals surface area contributed by atoms with Gasteiger partial charge in [0.15, 0.2) is 0 Å². The van der Waals surface area contributed by atoms with Gasteiger partial charge in [-0.25, -0.2) is 9.59 Å². The molecule has 0 saturated heterocycles. The predicted molar refractivity (Wildman–Crippen MR) is 109 cm³/mol. The van der Waals surface area contributed by atoms with E-state index in [0.717, 1.165) is 0 Å². The molecule has 3 aromatic carbocycles. The lowest BCUT2D eigenvalue weighted by Gasteiger charge is -2.20. The first-order valence-corrected chi connectivity index (χ1v) is 9.21. The Balaban J connectivity index is 2.16. The van der Waals surface area contributed by atoms with Gasteiger partial charge in [0.1, 0.15) is 35.4 Å².